The lowest BCUT2D eigenvalue weighted by atomic mass is 9.77. The number of nitrogens with one attached hydrogen (secondary N) is 1. The lowest BCUT2D eigenvalue weighted by molar-refractivity contribution is -0.116. The third-order valence-electron chi connectivity index (χ3n) is 8.00. The smallest absolute Gasteiger partial charge is 0.259 e. The number of carbonyl (C=O) groups excluding carboxylic acids is 2. The van der Waals surface area contributed by atoms with Crippen LogP contribution in [0.4, 0.5) is 11.4 Å². The molecule has 3 aromatic carbocycles. The predicted octanol–water partition coefficient (Wildman–Crippen LogP) is 7.59. The standard InChI is InChI=1S/C35H33N3O2/c1-35(2,3)27-15-13-23(14-16-27)26-21-29-32(31(39)22-26)33(24-17-19-36-20-18-24)38(30-12-8-7-11-28(30)37-29)34(40)25-9-5-4-6-10-25/h4-20,26,33,37H,21-22H2,1-3H3/t26-,33-/m0/s1. The number of fused-ring (bicyclic) bond motifs is 1. The molecule has 2 atom stereocenters. The summed E-state index contributed by atoms with van der Waals surface area (Å²) in [6, 6.07) is 29.0. The Bertz CT molecular complexity index is 1590. The van der Waals surface area contributed by atoms with Crippen molar-refractivity contribution in [2.45, 2.75) is 51.0 Å². The molecule has 2 aliphatic rings. The number of hydrogen-bond donors (Lipinski definition) is 1. The fourth-order valence-electron chi connectivity index (χ4n) is 5.89. The maximum atomic E-state index is 14.2. The van der Waals surface area contributed by atoms with Crippen molar-refractivity contribution in [1.29, 1.82) is 0 Å². The molecule has 5 nitrogen and oxygen atoms in total. The summed E-state index contributed by atoms with van der Waals surface area (Å²) in [7, 11) is 0. The monoisotopic (exact) mass is 527 g/mol. The number of allylic oxidation sites excluding steroid dienone is 1. The highest BCUT2D eigenvalue weighted by Gasteiger charge is 2.41. The van der Waals surface area contributed by atoms with E-state index in [1.807, 2.05) is 66.7 Å². The fourth-order valence-corrected chi connectivity index (χ4v) is 5.89. The molecule has 1 amide bonds. The average molecular weight is 528 g/mol. The second-order valence-electron chi connectivity index (χ2n) is 11.7. The van der Waals surface area contributed by atoms with Crippen LogP contribution in [0.5, 0.6) is 0 Å². The minimum absolute atomic E-state index is 0.0504. The van der Waals surface area contributed by atoms with E-state index in [1.54, 1.807) is 17.3 Å². The Morgan fingerprint density at radius 1 is 0.825 bits per heavy atom. The quantitative estimate of drug-likeness (QED) is 0.298. The molecule has 6 rings (SSSR count). The van der Waals surface area contributed by atoms with Crippen molar-refractivity contribution in [2.24, 2.45) is 0 Å². The minimum atomic E-state index is -0.585. The van der Waals surface area contributed by atoms with Crippen LogP contribution in [0.2, 0.25) is 0 Å². The topological polar surface area (TPSA) is 62.3 Å². The number of anilines is 2. The molecule has 0 fully saturated rings. The molecule has 0 bridgehead atoms. The molecule has 1 aromatic heterocycles. The zero-order chi connectivity index (χ0) is 27.9. The van der Waals surface area contributed by atoms with Crippen LogP contribution < -0.4 is 10.2 Å². The first-order chi connectivity index (χ1) is 19.3. The van der Waals surface area contributed by atoms with Crippen molar-refractivity contribution in [3.63, 3.8) is 0 Å². The van der Waals surface area contributed by atoms with Crippen LogP contribution >= 0.6 is 0 Å². The van der Waals surface area contributed by atoms with Crippen molar-refractivity contribution < 1.29 is 9.59 Å². The maximum Gasteiger partial charge on any atom is 0.259 e. The molecule has 4 aromatic rings. The first-order valence-corrected chi connectivity index (χ1v) is 13.8. The zero-order valence-corrected chi connectivity index (χ0v) is 23.1. The minimum Gasteiger partial charge on any atom is -0.357 e. The predicted molar refractivity (Wildman–Crippen MR) is 159 cm³/mol. The Hall–Kier alpha value is -4.51. The molecule has 0 spiro atoms. The number of amides is 1. The Morgan fingerprint density at radius 2 is 1.50 bits per heavy atom. The first-order valence-electron chi connectivity index (χ1n) is 13.8. The summed E-state index contributed by atoms with van der Waals surface area (Å²) >= 11 is 0. The van der Waals surface area contributed by atoms with Crippen LogP contribution in [0.25, 0.3) is 0 Å². The van der Waals surface area contributed by atoms with Crippen LogP contribution in [0, 0.1) is 0 Å². The average Bonchev–Trinajstić information content (AvgIpc) is 3.12. The molecule has 0 saturated heterocycles. The lowest BCUT2D eigenvalue weighted by Gasteiger charge is -2.35. The summed E-state index contributed by atoms with van der Waals surface area (Å²) in [6.07, 6.45) is 4.51. The van der Waals surface area contributed by atoms with Gasteiger partial charge in [0.25, 0.3) is 5.91 Å². The van der Waals surface area contributed by atoms with Gasteiger partial charge in [0.05, 0.1) is 17.4 Å². The first kappa shape index (κ1) is 25.8. The number of para-hydroxylation sites is 2. The van der Waals surface area contributed by atoms with E-state index >= 15 is 0 Å². The van der Waals surface area contributed by atoms with Gasteiger partial charge >= 0.3 is 0 Å². The highest BCUT2D eigenvalue weighted by Crippen LogP contribution is 2.47. The van der Waals surface area contributed by atoms with Gasteiger partial charge in [-0.25, -0.2) is 0 Å². The van der Waals surface area contributed by atoms with Gasteiger partial charge in [-0.1, -0.05) is 75.4 Å². The molecule has 0 unspecified atom stereocenters. The molecular formula is C35H33N3O2. The van der Waals surface area contributed by atoms with Gasteiger partial charge in [0.2, 0.25) is 0 Å². The number of pyridine rings is 1. The molecule has 1 aliphatic heterocycles. The van der Waals surface area contributed by atoms with Gasteiger partial charge in [-0.2, -0.15) is 0 Å². The van der Waals surface area contributed by atoms with E-state index in [9.17, 15) is 9.59 Å². The third kappa shape index (κ3) is 4.73. The lowest BCUT2D eigenvalue weighted by Crippen LogP contribution is -2.38. The van der Waals surface area contributed by atoms with Gasteiger partial charge in [-0.15, -0.1) is 0 Å². The van der Waals surface area contributed by atoms with Crippen molar-refractivity contribution in [2.75, 3.05) is 10.2 Å². The van der Waals surface area contributed by atoms with E-state index in [2.05, 4.69) is 55.3 Å². The number of Topliss-reactive ketones (excluding diaryl/α,β-unsaturated/α-hetero) is 1. The summed E-state index contributed by atoms with van der Waals surface area (Å²) < 4.78 is 0. The highest BCUT2D eigenvalue weighted by molar-refractivity contribution is 6.12. The normalized spacial score (nSPS) is 18.9. The molecule has 1 N–H and O–H groups in total. The molecule has 200 valence electrons. The summed E-state index contributed by atoms with van der Waals surface area (Å²) in [5, 5.41) is 3.61. The maximum absolute atomic E-state index is 14.2. The summed E-state index contributed by atoms with van der Waals surface area (Å²) in [6.45, 7) is 6.62. The van der Waals surface area contributed by atoms with Crippen molar-refractivity contribution in [3.05, 3.63) is 137 Å². The van der Waals surface area contributed by atoms with E-state index < -0.39 is 6.04 Å². The Labute approximate surface area is 235 Å². The van der Waals surface area contributed by atoms with E-state index in [4.69, 9.17) is 0 Å². The molecule has 0 saturated carbocycles. The molecule has 40 heavy (non-hydrogen) atoms. The van der Waals surface area contributed by atoms with Crippen molar-refractivity contribution >= 4 is 23.1 Å². The second kappa shape index (κ2) is 10.2. The molecule has 2 heterocycles. The Kier molecular flexibility index (Phi) is 6.59. The van der Waals surface area contributed by atoms with E-state index in [0.717, 1.165) is 28.2 Å². The molecular weight excluding hydrogens is 494 g/mol. The summed E-state index contributed by atoms with van der Waals surface area (Å²) in [5.74, 6) is -0.0494. The summed E-state index contributed by atoms with van der Waals surface area (Å²) in [5.41, 5.74) is 6.99. The number of carbonyl (C=O) groups is 2. The van der Waals surface area contributed by atoms with Crippen LogP contribution in [-0.2, 0) is 10.2 Å². The molecule has 1 aliphatic carbocycles. The SMILES string of the molecule is CC(C)(C)c1ccc([C@@H]2CC(=O)C3=C(C2)Nc2ccccc2N(C(=O)c2ccccc2)[C@H]3c2ccncc2)cc1. The largest absolute Gasteiger partial charge is 0.357 e. The zero-order valence-electron chi connectivity index (χ0n) is 23.1. The van der Waals surface area contributed by atoms with E-state index in [-0.39, 0.29) is 23.0 Å². The Balaban J connectivity index is 1.49. The van der Waals surface area contributed by atoms with Crippen LogP contribution in [-0.4, -0.2) is 16.7 Å². The number of aromatic nitrogens is 1. The second-order valence-corrected chi connectivity index (χ2v) is 11.7. The van der Waals surface area contributed by atoms with Gasteiger partial charge < -0.3 is 5.32 Å². The number of hydrogen-bond acceptors (Lipinski definition) is 4. The van der Waals surface area contributed by atoms with Gasteiger partial charge in [-0.3, -0.25) is 19.5 Å². The number of benzene rings is 3. The number of rotatable bonds is 3. The number of ketones is 1. The highest BCUT2D eigenvalue weighted by atomic mass is 16.2. The Morgan fingerprint density at radius 3 is 2.20 bits per heavy atom. The van der Waals surface area contributed by atoms with E-state index in [1.165, 1.54) is 5.56 Å². The van der Waals surface area contributed by atoms with Gasteiger partial charge in [0, 0.05) is 35.6 Å². The van der Waals surface area contributed by atoms with Gasteiger partial charge in [0.15, 0.2) is 5.78 Å². The fraction of sp³-hybridized carbons (Fsp3) is 0.229. The van der Waals surface area contributed by atoms with E-state index in [0.29, 0.717) is 24.0 Å². The molecule has 0 radical (unpaired) electrons. The van der Waals surface area contributed by atoms with Crippen molar-refractivity contribution in [1.82, 2.24) is 4.98 Å². The third-order valence-corrected chi connectivity index (χ3v) is 8.00. The van der Waals surface area contributed by atoms with Crippen LogP contribution in [0.3, 0.4) is 0 Å². The number of nitrogens with zero attached hydrogens (tertiary/aromatic N) is 2. The molecule has 5 heteroatoms. The van der Waals surface area contributed by atoms with Crippen molar-refractivity contribution in [3.8, 4) is 0 Å². The summed E-state index contributed by atoms with van der Waals surface area (Å²) in [4.78, 5) is 34.4. The van der Waals surface area contributed by atoms with Crippen LogP contribution in [0.1, 0.15) is 72.6 Å². The van der Waals surface area contributed by atoms with Gasteiger partial charge in [0.1, 0.15) is 0 Å². The van der Waals surface area contributed by atoms with Crippen LogP contribution in [0.15, 0.2) is 115 Å². The van der Waals surface area contributed by atoms with Gasteiger partial charge in [-0.05, 0) is 70.8 Å².